The quantitative estimate of drug-likeness (QED) is 0.712. The molecule has 0 saturated carbocycles. The van der Waals surface area contributed by atoms with Gasteiger partial charge in [0.05, 0.1) is 5.52 Å². The molecule has 0 radical (unpaired) electrons. The van der Waals surface area contributed by atoms with E-state index in [2.05, 4.69) is 35.2 Å². The summed E-state index contributed by atoms with van der Waals surface area (Å²) in [5, 5.41) is 4.81. The lowest BCUT2D eigenvalue weighted by Gasteiger charge is -2.15. The predicted molar refractivity (Wildman–Crippen MR) is 101 cm³/mol. The van der Waals surface area contributed by atoms with Crippen LogP contribution in [0.5, 0.6) is 0 Å². The van der Waals surface area contributed by atoms with E-state index in [1.54, 1.807) is 6.07 Å². The average Bonchev–Trinajstić information content (AvgIpc) is 3.00. The van der Waals surface area contributed by atoms with Gasteiger partial charge in [-0.25, -0.2) is 4.98 Å². The first kappa shape index (κ1) is 17.4. The monoisotopic (exact) mass is 339 g/mol. The zero-order chi connectivity index (χ0) is 17.8. The highest BCUT2D eigenvalue weighted by molar-refractivity contribution is 5.98. The fourth-order valence-electron chi connectivity index (χ4n) is 2.83. The molecule has 0 atom stereocenters. The lowest BCUT2D eigenvalue weighted by molar-refractivity contribution is 0.0924. The molecular formula is C20H25N3O2. The molecule has 0 aliphatic rings. The van der Waals surface area contributed by atoms with Crippen LogP contribution in [0.15, 0.2) is 34.7 Å². The van der Waals surface area contributed by atoms with Gasteiger partial charge in [-0.2, -0.15) is 0 Å². The molecule has 1 N–H and O–H groups in total. The maximum atomic E-state index is 12.3. The van der Waals surface area contributed by atoms with Gasteiger partial charge < -0.3 is 14.6 Å². The summed E-state index contributed by atoms with van der Waals surface area (Å²) < 4.78 is 5.66. The van der Waals surface area contributed by atoms with E-state index < -0.39 is 0 Å². The Labute approximate surface area is 148 Å². The van der Waals surface area contributed by atoms with Gasteiger partial charge in [-0.15, -0.1) is 0 Å². The highest BCUT2D eigenvalue weighted by Gasteiger charge is 2.13. The second-order valence-corrected chi connectivity index (χ2v) is 6.60. The number of aromatic nitrogens is 1. The molecule has 0 fully saturated rings. The van der Waals surface area contributed by atoms with Gasteiger partial charge in [0.15, 0.2) is 5.76 Å². The van der Waals surface area contributed by atoms with Crippen molar-refractivity contribution in [2.75, 3.05) is 26.7 Å². The minimum absolute atomic E-state index is 0.192. The first-order valence-electron chi connectivity index (χ1n) is 8.84. The van der Waals surface area contributed by atoms with Gasteiger partial charge in [0.25, 0.3) is 5.91 Å². The van der Waals surface area contributed by atoms with Crippen molar-refractivity contribution in [2.45, 2.75) is 26.7 Å². The van der Waals surface area contributed by atoms with E-state index in [9.17, 15) is 4.79 Å². The normalized spacial score (nSPS) is 11.5. The molecule has 0 spiro atoms. The number of likely N-dealkylation sites (N-methyl/N-ethyl adjacent to an activating group) is 1. The van der Waals surface area contributed by atoms with Crippen LogP contribution in [0.2, 0.25) is 0 Å². The Morgan fingerprint density at radius 3 is 2.84 bits per heavy atom. The molecule has 0 aliphatic carbocycles. The van der Waals surface area contributed by atoms with Crippen molar-refractivity contribution in [1.29, 1.82) is 0 Å². The number of unbranched alkanes of at least 4 members (excludes halogenated alkanes) is 1. The van der Waals surface area contributed by atoms with Gasteiger partial charge in [0, 0.05) is 23.9 Å². The van der Waals surface area contributed by atoms with Crippen LogP contribution in [0.1, 0.15) is 35.9 Å². The third kappa shape index (κ3) is 4.17. The van der Waals surface area contributed by atoms with Crippen molar-refractivity contribution in [1.82, 2.24) is 15.2 Å². The van der Waals surface area contributed by atoms with Gasteiger partial charge in [0.2, 0.25) is 5.71 Å². The first-order chi connectivity index (χ1) is 12.1. The fraction of sp³-hybridized carbons (Fsp3) is 0.400. The second-order valence-electron chi connectivity index (χ2n) is 6.60. The number of furan rings is 1. The van der Waals surface area contributed by atoms with Crippen LogP contribution in [0.4, 0.5) is 0 Å². The Morgan fingerprint density at radius 2 is 2.04 bits per heavy atom. The third-order valence-corrected chi connectivity index (χ3v) is 4.36. The average molecular weight is 339 g/mol. The van der Waals surface area contributed by atoms with Crippen LogP contribution in [-0.4, -0.2) is 42.5 Å². The third-order valence-electron chi connectivity index (χ3n) is 4.36. The summed E-state index contributed by atoms with van der Waals surface area (Å²) in [4.78, 5) is 19.1. The Hall–Kier alpha value is -2.40. The summed E-state index contributed by atoms with van der Waals surface area (Å²) >= 11 is 0. The highest BCUT2D eigenvalue weighted by Crippen LogP contribution is 2.23. The summed E-state index contributed by atoms with van der Waals surface area (Å²) in [5.41, 5.74) is 2.53. The summed E-state index contributed by atoms with van der Waals surface area (Å²) in [6.45, 7) is 6.69. The predicted octanol–water partition coefficient (Wildman–Crippen LogP) is 3.75. The molecule has 3 rings (SSSR count). The molecule has 2 aromatic heterocycles. The highest BCUT2D eigenvalue weighted by atomic mass is 16.4. The van der Waals surface area contributed by atoms with Crippen molar-refractivity contribution in [3.05, 3.63) is 41.7 Å². The second kappa shape index (κ2) is 7.66. The van der Waals surface area contributed by atoms with Gasteiger partial charge in [-0.1, -0.05) is 25.5 Å². The largest absolute Gasteiger partial charge is 0.433 e. The first-order valence-corrected chi connectivity index (χ1v) is 8.84. The number of fused-ring (bicyclic) bond motifs is 2. The van der Waals surface area contributed by atoms with E-state index in [0.717, 1.165) is 34.9 Å². The van der Waals surface area contributed by atoms with Crippen LogP contribution in [0.3, 0.4) is 0 Å². The van der Waals surface area contributed by atoms with Crippen molar-refractivity contribution in [2.24, 2.45) is 0 Å². The number of benzene rings is 1. The van der Waals surface area contributed by atoms with Crippen molar-refractivity contribution >= 4 is 27.9 Å². The van der Waals surface area contributed by atoms with Crippen LogP contribution in [0.25, 0.3) is 22.0 Å². The molecule has 3 aromatic rings. The smallest absolute Gasteiger partial charge is 0.287 e. The number of hydrogen-bond acceptors (Lipinski definition) is 4. The topological polar surface area (TPSA) is 58.4 Å². The Kier molecular flexibility index (Phi) is 5.34. The Morgan fingerprint density at radius 1 is 1.20 bits per heavy atom. The number of carbonyl (C=O) groups excluding carboxylic acids is 1. The van der Waals surface area contributed by atoms with Gasteiger partial charge in [-0.3, -0.25) is 4.79 Å². The SMILES string of the molecule is CCCCN(C)CCNC(=O)c1cc2cc3ccc(C)cc3nc2o1. The number of nitrogens with zero attached hydrogens (tertiary/aromatic N) is 2. The van der Waals surface area contributed by atoms with E-state index in [1.807, 2.05) is 25.1 Å². The standard InChI is InChI=1S/C20H25N3O2/c1-4-5-9-23(3)10-8-21-19(24)18-13-16-12-15-7-6-14(2)11-17(15)22-20(16)25-18/h6-7,11-13H,4-5,8-10H2,1-3H3,(H,21,24). The number of rotatable bonds is 7. The molecule has 5 heteroatoms. The number of amides is 1. The number of hydrogen-bond donors (Lipinski definition) is 1. The minimum atomic E-state index is -0.192. The molecule has 0 unspecified atom stereocenters. The molecule has 0 bridgehead atoms. The van der Waals surface area contributed by atoms with Crippen molar-refractivity contribution in [3.8, 4) is 0 Å². The maximum Gasteiger partial charge on any atom is 0.287 e. The summed E-state index contributed by atoms with van der Waals surface area (Å²) in [6, 6.07) is 9.88. The zero-order valence-electron chi connectivity index (χ0n) is 15.1. The Balaban J connectivity index is 1.68. The lowest BCUT2D eigenvalue weighted by atomic mass is 10.1. The summed E-state index contributed by atoms with van der Waals surface area (Å²) in [5.74, 6) is 0.118. The molecule has 25 heavy (non-hydrogen) atoms. The number of carbonyl (C=O) groups is 1. The van der Waals surface area contributed by atoms with E-state index in [0.29, 0.717) is 18.0 Å². The summed E-state index contributed by atoms with van der Waals surface area (Å²) in [7, 11) is 2.07. The van der Waals surface area contributed by atoms with Crippen molar-refractivity contribution in [3.63, 3.8) is 0 Å². The number of nitrogens with one attached hydrogen (secondary N) is 1. The number of aryl methyl sites for hydroxylation is 1. The van der Waals surface area contributed by atoms with E-state index >= 15 is 0 Å². The molecular weight excluding hydrogens is 314 g/mol. The van der Waals surface area contributed by atoms with Gasteiger partial charge in [-0.05, 0) is 50.7 Å². The molecule has 2 heterocycles. The maximum absolute atomic E-state index is 12.3. The minimum Gasteiger partial charge on any atom is -0.433 e. The van der Waals surface area contributed by atoms with E-state index in [1.165, 1.54) is 12.8 Å². The molecule has 5 nitrogen and oxygen atoms in total. The Bertz CT molecular complexity index is 885. The van der Waals surface area contributed by atoms with Crippen LogP contribution >= 0.6 is 0 Å². The molecule has 0 aliphatic heterocycles. The van der Waals surface area contributed by atoms with Crippen LogP contribution in [-0.2, 0) is 0 Å². The van der Waals surface area contributed by atoms with Crippen molar-refractivity contribution < 1.29 is 9.21 Å². The number of pyridine rings is 1. The summed E-state index contributed by atoms with van der Waals surface area (Å²) in [6.07, 6.45) is 2.35. The van der Waals surface area contributed by atoms with Gasteiger partial charge in [0.1, 0.15) is 0 Å². The molecule has 1 amide bonds. The fourth-order valence-corrected chi connectivity index (χ4v) is 2.83. The molecule has 1 aromatic carbocycles. The van der Waals surface area contributed by atoms with E-state index in [4.69, 9.17) is 4.42 Å². The van der Waals surface area contributed by atoms with E-state index in [-0.39, 0.29) is 5.91 Å². The molecule has 132 valence electrons. The van der Waals surface area contributed by atoms with Crippen LogP contribution < -0.4 is 5.32 Å². The lowest BCUT2D eigenvalue weighted by Crippen LogP contribution is -2.33. The van der Waals surface area contributed by atoms with Gasteiger partial charge >= 0.3 is 0 Å². The molecule has 0 saturated heterocycles. The van der Waals surface area contributed by atoms with Crippen LogP contribution in [0, 0.1) is 6.92 Å². The zero-order valence-corrected chi connectivity index (χ0v) is 15.1.